The third kappa shape index (κ3) is 5.67. The van der Waals surface area contributed by atoms with Crippen LogP contribution in [0.5, 0.6) is 0 Å². The number of nitrogens with one attached hydrogen (secondary N) is 1. The second kappa shape index (κ2) is 7.46. The number of hydrogen-bond donors (Lipinski definition) is 1. The molecule has 0 aliphatic carbocycles. The zero-order valence-corrected chi connectivity index (χ0v) is 12.8. The van der Waals surface area contributed by atoms with E-state index in [1.165, 1.54) is 6.42 Å². The molecule has 0 aromatic heterocycles. The van der Waals surface area contributed by atoms with Gasteiger partial charge in [0, 0.05) is 12.1 Å². The molecule has 1 heterocycles. The van der Waals surface area contributed by atoms with Crippen molar-refractivity contribution < 1.29 is 8.42 Å². The molecular formula is C13H28N2O2S. The molecule has 18 heavy (non-hydrogen) atoms. The van der Waals surface area contributed by atoms with E-state index in [1.807, 2.05) is 0 Å². The molecule has 108 valence electrons. The highest BCUT2D eigenvalue weighted by molar-refractivity contribution is 7.91. The van der Waals surface area contributed by atoms with Crippen LogP contribution in [-0.4, -0.2) is 56.5 Å². The Hall–Kier alpha value is -0.130. The summed E-state index contributed by atoms with van der Waals surface area (Å²) in [5, 5.41) is 3.45. The lowest BCUT2D eigenvalue weighted by molar-refractivity contribution is 0.288. The molecule has 1 fully saturated rings. The van der Waals surface area contributed by atoms with E-state index in [2.05, 4.69) is 31.0 Å². The number of hydrogen-bond acceptors (Lipinski definition) is 4. The summed E-state index contributed by atoms with van der Waals surface area (Å²) in [7, 11) is -2.75. The molecule has 0 amide bonds. The molecule has 4 nitrogen and oxygen atoms in total. The van der Waals surface area contributed by atoms with Crippen LogP contribution < -0.4 is 5.32 Å². The quantitative estimate of drug-likeness (QED) is 0.725. The van der Waals surface area contributed by atoms with Gasteiger partial charge in [0.05, 0.1) is 11.5 Å². The van der Waals surface area contributed by atoms with Crippen molar-refractivity contribution >= 4 is 9.84 Å². The summed E-state index contributed by atoms with van der Waals surface area (Å²) in [5.74, 6) is 0.685. The molecule has 0 aromatic rings. The van der Waals surface area contributed by atoms with Crippen molar-refractivity contribution in [2.45, 2.75) is 52.1 Å². The number of rotatable bonds is 8. The minimum absolute atomic E-state index is 0.179. The van der Waals surface area contributed by atoms with Crippen molar-refractivity contribution in [3.05, 3.63) is 0 Å². The van der Waals surface area contributed by atoms with E-state index in [4.69, 9.17) is 0 Å². The van der Waals surface area contributed by atoms with E-state index in [9.17, 15) is 8.42 Å². The molecule has 0 radical (unpaired) electrons. The van der Waals surface area contributed by atoms with E-state index >= 15 is 0 Å². The maximum Gasteiger partial charge on any atom is 0.151 e. The fraction of sp³-hybridized carbons (Fsp3) is 1.00. The Labute approximate surface area is 112 Å². The number of sulfone groups is 1. The second-order valence-corrected chi connectivity index (χ2v) is 7.57. The molecule has 0 spiro atoms. The van der Waals surface area contributed by atoms with Gasteiger partial charge in [0.1, 0.15) is 0 Å². The first-order chi connectivity index (χ1) is 8.46. The van der Waals surface area contributed by atoms with Crippen LogP contribution in [0.15, 0.2) is 0 Å². The topological polar surface area (TPSA) is 49.4 Å². The first-order valence-electron chi connectivity index (χ1n) is 7.15. The number of nitrogens with zero attached hydrogens (tertiary/aromatic N) is 1. The summed E-state index contributed by atoms with van der Waals surface area (Å²) in [6.45, 7) is 9.90. The summed E-state index contributed by atoms with van der Waals surface area (Å²) >= 11 is 0. The van der Waals surface area contributed by atoms with Crippen molar-refractivity contribution in [2.75, 3.05) is 31.1 Å². The van der Waals surface area contributed by atoms with Crippen molar-refractivity contribution in [3.8, 4) is 0 Å². The Morgan fingerprint density at radius 1 is 1.33 bits per heavy atom. The Morgan fingerprint density at radius 2 is 2.00 bits per heavy atom. The van der Waals surface area contributed by atoms with Crippen molar-refractivity contribution in [3.63, 3.8) is 0 Å². The van der Waals surface area contributed by atoms with Gasteiger partial charge < -0.3 is 10.2 Å². The van der Waals surface area contributed by atoms with Gasteiger partial charge in [0.15, 0.2) is 9.84 Å². The van der Waals surface area contributed by atoms with Gasteiger partial charge in [0.2, 0.25) is 0 Å². The first kappa shape index (κ1) is 15.9. The zero-order chi connectivity index (χ0) is 13.6. The van der Waals surface area contributed by atoms with Crippen molar-refractivity contribution in [1.29, 1.82) is 0 Å². The van der Waals surface area contributed by atoms with Gasteiger partial charge in [-0.2, -0.15) is 0 Å². The molecule has 1 aliphatic heterocycles. The highest BCUT2D eigenvalue weighted by Gasteiger charge is 2.28. The summed E-state index contributed by atoms with van der Waals surface area (Å²) in [5.41, 5.74) is 0. The Balaban J connectivity index is 2.16. The van der Waals surface area contributed by atoms with Crippen LogP contribution in [0.2, 0.25) is 0 Å². The molecule has 0 aromatic carbocycles. The zero-order valence-electron chi connectivity index (χ0n) is 12.0. The molecule has 1 N–H and O–H groups in total. The second-order valence-electron chi connectivity index (χ2n) is 5.34. The van der Waals surface area contributed by atoms with Crippen LogP contribution >= 0.6 is 0 Å². The van der Waals surface area contributed by atoms with E-state index in [0.717, 1.165) is 32.5 Å². The van der Waals surface area contributed by atoms with Crippen LogP contribution in [-0.2, 0) is 9.84 Å². The Bertz CT molecular complexity index is 326. The Kier molecular flexibility index (Phi) is 6.60. The SMILES string of the molecule is CCN(CC)CCCC(C)NC1CCS(=O)(=O)C1. The fourth-order valence-electron chi connectivity index (χ4n) is 2.57. The largest absolute Gasteiger partial charge is 0.310 e. The van der Waals surface area contributed by atoms with Crippen LogP contribution in [0.3, 0.4) is 0 Å². The third-order valence-corrected chi connectivity index (χ3v) is 5.53. The van der Waals surface area contributed by atoms with Crippen LogP contribution in [0.4, 0.5) is 0 Å². The van der Waals surface area contributed by atoms with Gasteiger partial charge in [-0.25, -0.2) is 8.42 Å². The van der Waals surface area contributed by atoms with Gasteiger partial charge in [0.25, 0.3) is 0 Å². The highest BCUT2D eigenvalue weighted by atomic mass is 32.2. The van der Waals surface area contributed by atoms with Gasteiger partial charge >= 0.3 is 0 Å². The first-order valence-corrected chi connectivity index (χ1v) is 8.97. The van der Waals surface area contributed by atoms with Crippen LogP contribution in [0, 0.1) is 0 Å². The van der Waals surface area contributed by atoms with Crippen LogP contribution in [0.1, 0.15) is 40.0 Å². The highest BCUT2D eigenvalue weighted by Crippen LogP contribution is 2.13. The lowest BCUT2D eigenvalue weighted by Gasteiger charge is -2.21. The van der Waals surface area contributed by atoms with E-state index in [1.54, 1.807) is 0 Å². The maximum absolute atomic E-state index is 11.4. The maximum atomic E-state index is 11.4. The third-order valence-electron chi connectivity index (χ3n) is 3.76. The monoisotopic (exact) mass is 276 g/mol. The van der Waals surface area contributed by atoms with E-state index in [0.29, 0.717) is 17.5 Å². The summed E-state index contributed by atoms with van der Waals surface area (Å²) in [6, 6.07) is 0.595. The molecule has 2 unspecified atom stereocenters. The molecule has 2 atom stereocenters. The van der Waals surface area contributed by atoms with Gasteiger partial charge in [-0.05, 0) is 45.8 Å². The molecule has 0 saturated carbocycles. The predicted molar refractivity (Wildman–Crippen MR) is 76.7 cm³/mol. The molecule has 1 rings (SSSR count). The molecular weight excluding hydrogens is 248 g/mol. The summed E-state index contributed by atoms with van der Waals surface area (Å²) < 4.78 is 22.7. The normalized spacial score (nSPS) is 24.6. The molecule has 1 aliphatic rings. The minimum Gasteiger partial charge on any atom is -0.310 e. The van der Waals surface area contributed by atoms with Crippen molar-refractivity contribution in [1.82, 2.24) is 10.2 Å². The molecule has 5 heteroatoms. The smallest absolute Gasteiger partial charge is 0.151 e. The summed E-state index contributed by atoms with van der Waals surface area (Å²) in [6.07, 6.45) is 3.07. The minimum atomic E-state index is -2.75. The lowest BCUT2D eigenvalue weighted by atomic mass is 10.1. The van der Waals surface area contributed by atoms with Crippen molar-refractivity contribution in [2.24, 2.45) is 0 Å². The average molecular weight is 276 g/mol. The molecule has 0 bridgehead atoms. The van der Waals surface area contributed by atoms with E-state index < -0.39 is 9.84 Å². The van der Waals surface area contributed by atoms with Gasteiger partial charge in [-0.1, -0.05) is 13.8 Å². The van der Waals surface area contributed by atoms with Gasteiger partial charge in [-0.15, -0.1) is 0 Å². The van der Waals surface area contributed by atoms with Gasteiger partial charge in [-0.3, -0.25) is 0 Å². The standard InChI is InChI=1S/C13H28N2O2S/c1-4-15(5-2)9-6-7-12(3)14-13-8-10-18(16,17)11-13/h12-14H,4-11H2,1-3H3. The predicted octanol–water partition coefficient (Wildman–Crippen LogP) is 1.27. The average Bonchev–Trinajstić information content (AvgIpc) is 2.64. The fourth-order valence-corrected chi connectivity index (χ4v) is 4.26. The summed E-state index contributed by atoms with van der Waals surface area (Å²) in [4.78, 5) is 2.42. The van der Waals surface area contributed by atoms with Crippen LogP contribution in [0.25, 0.3) is 0 Å². The lowest BCUT2D eigenvalue weighted by Crippen LogP contribution is -2.37. The van der Waals surface area contributed by atoms with E-state index in [-0.39, 0.29) is 6.04 Å². The molecule has 1 saturated heterocycles. The Morgan fingerprint density at radius 3 is 2.50 bits per heavy atom.